The third-order valence-corrected chi connectivity index (χ3v) is 4.87. The van der Waals surface area contributed by atoms with Crippen molar-refractivity contribution < 1.29 is 9.59 Å². The van der Waals surface area contributed by atoms with Gasteiger partial charge in [0, 0.05) is 32.3 Å². The van der Waals surface area contributed by atoms with Crippen molar-refractivity contribution in [3.8, 4) is 5.69 Å². The molecule has 1 aliphatic rings. The number of amides is 2. The largest absolute Gasteiger partial charge is 0.350 e. The van der Waals surface area contributed by atoms with Crippen LogP contribution in [-0.2, 0) is 4.79 Å². The number of nitrogens with one attached hydrogen (secondary N) is 1. The first-order chi connectivity index (χ1) is 12.5. The molecule has 2 heterocycles. The van der Waals surface area contributed by atoms with Gasteiger partial charge in [-0.2, -0.15) is 5.10 Å². The molecule has 0 aliphatic carbocycles. The topological polar surface area (TPSA) is 67.2 Å². The van der Waals surface area contributed by atoms with E-state index in [0.717, 1.165) is 19.5 Å². The lowest BCUT2D eigenvalue weighted by Crippen LogP contribution is -2.40. The van der Waals surface area contributed by atoms with E-state index in [2.05, 4.69) is 17.3 Å². The van der Waals surface area contributed by atoms with Crippen LogP contribution in [0.25, 0.3) is 5.69 Å². The third kappa shape index (κ3) is 4.43. The van der Waals surface area contributed by atoms with E-state index in [1.165, 1.54) is 6.42 Å². The summed E-state index contributed by atoms with van der Waals surface area (Å²) in [6, 6.07) is 8.92. The Morgan fingerprint density at radius 2 is 2.12 bits per heavy atom. The first-order valence-corrected chi connectivity index (χ1v) is 9.29. The summed E-state index contributed by atoms with van der Waals surface area (Å²) in [7, 11) is 0. The van der Waals surface area contributed by atoms with Gasteiger partial charge in [-0.05, 0) is 37.0 Å². The second-order valence-corrected chi connectivity index (χ2v) is 7.10. The number of likely N-dealkylation sites (tertiary alicyclic amines) is 1. The fourth-order valence-electron chi connectivity index (χ4n) is 3.16. The van der Waals surface area contributed by atoms with Crippen molar-refractivity contribution in [2.24, 2.45) is 5.92 Å². The SMILES string of the molecule is CC1CCCN(C(=O)CCNC(=O)c2ccn(-c3ccccc3Cl)n2)C1. The first kappa shape index (κ1) is 18.5. The zero-order chi connectivity index (χ0) is 18.5. The first-order valence-electron chi connectivity index (χ1n) is 8.91. The molecule has 1 aromatic heterocycles. The Morgan fingerprint density at radius 1 is 1.31 bits per heavy atom. The maximum Gasteiger partial charge on any atom is 0.271 e. The number of halogens is 1. The smallest absolute Gasteiger partial charge is 0.271 e. The average molecular weight is 375 g/mol. The van der Waals surface area contributed by atoms with E-state index in [9.17, 15) is 9.59 Å². The van der Waals surface area contributed by atoms with Crippen LogP contribution in [0, 0.1) is 5.92 Å². The van der Waals surface area contributed by atoms with Gasteiger partial charge < -0.3 is 10.2 Å². The van der Waals surface area contributed by atoms with Gasteiger partial charge in [0.15, 0.2) is 5.69 Å². The molecule has 1 aromatic carbocycles. The second kappa shape index (κ2) is 8.36. The Bertz CT molecular complexity index is 789. The molecule has 26 heavy (non-hydrogen) atoms. The molecule has 0 saturated carbocycles. The van der Waals surface area contributed by atoms with Crippen molar-refractivity contribution >= 4 is 23.4 Å². The zero-order valence-electron chi connectivity index (χ0n) is 14.8. The lowest BCUT2D eigenvalue weighted by Gasteiger charge is -2.31. The predicted octanol–water partition coefficient (Wildman–Crippen LogP) is 2.90. The minimum Gasteiger partial charge on any atom is -0.350 e. The molecule has 138 valence electrons. The Labute approximate surface area is 158 Å². The number of nitrogens with zero attached hydrogens (tertiary/aromatic N) is 3. The molecule has 3 rings (SSSR count). The van der Waals surface area contributed by atoms with Crippen LogP contribution in [0.15, 0.2) is 36.5 Å². The summed E-state index contributed by atoms with van der Waals surface area (Å²) in [5.74, 6) is 0.352. The fraction of sp³-hybridized carbons (Fsp3) is 0.421. The third-order valence-electron chi connectivity index (χ3n) is 4.56. The van der Waals surface area contributed by atoms with Crippen LogP contribution < -0.4 is 5.32 Å². The molecule has 1 atom stereocenters. The van der Waals surface area contributed by atoms with Crippen LogP contribution in [0.2, 0.25) is 5.02 Å². The number of carbonyl (C=O) groups excluding carboxylic acids is 2. The summed E-state index contributed by atoms with van der Waals surface area (Å²) in [5, 5.41) is 7.59. The number of hydrogen-bond acceptors (Lipinski definition) is 3. The number of benzene rings is 1. The van der Waals surface area contributed by atoms with E-state index < -0.39 is 0 Å². The van der Waals surface area contributed by atoms with Crippen LogP contribution >= 0.6 is 11.6 Å². The van der Waals surface area contributed by atoms with Crippen molar-refractivity contribution in [2.75, 3.05) is 19.6 Å². The molecule has 0 radical (unpaired) electrons. The molecule has 0 spiro atoms. The minimum absolute atomic E-state index is 0.0958. The molecule has 1 N–H and O–H groups in total. The van der Waals surface area contributed by atoms with Crippen LogP contribution in [-0.4, -0.2) is 46.1 Å². The van der Waals surface area contributed by atoms with Crippen molar-refractivity contribution in [3.63, 3.8) is 0 Å². The highest BCUT2D eigenvalue weighted by Gasteiger charge is 2.20. The lowest BCUT2D eigenvalue weighted by molar-refractivity contribution is -0.132. The molecule has 1 fully saturated rings. The number of para-hydroxylation sites is 1. The average Bonchev–Trinajstić information content (AvgIpc) is 3.12. The van der Waals surface area contributed by atoms with E-state index in [1.807, 2.05) is 23.1 Å². The second-order valence-electron chi connectivity index (χ2n) is 6.69. The van der Waals surface area contributed by atoms with E-state index in [0.29, 0.717) is 35.3 Å². The number of piperidine rings is 1. The van der Waals surface area contributed by atoms with Gasteiger partial charge in [-0.15, -0.1) is 0 Å². The molecular formula is C19H23ClN4O2. The van der Waals surface area contributed by atoms with Gasteiger partial charge >= 0.3 is 0 Å². The number of rotatable bonds is 5. The maximum atomic E-state index is 12.2. The molecule has 0 bridgehead atoms. The predicted molar refractivity (Wildman–Crippen MR) is 101 cm³/mol. The highest BCUT2D eigenvalue weighted by Crippen LogP contribution is 2.19. The lowest BCUT2D eigenvalue weighted by atomic mass is 10.00. The van der Waals surface area contributed by atoms with Crippen LogP contribution in [0.3, 0.4) is 0 Å². The molecule has 1 unspecified atom stereocenters. The van der Waals surface area contributed by atoms with Crippen LogP contribution in [0.5, 0.6) is 0 Å². The highest BCUT2D eigenvalue weighted by atomic mass is 35.5. The van der Waals surface area contributed by atoms with Gasteiger partial charge in [0.2, 0.25) is 5.91 Å². The molecule has 2 aromatic rings. The van der Waals surface area contributed by atoms with E-state index >= 15 is 0 Å². The summed E-state index contributed by atoms with van der Waals surface area (Å²) in [5.41, 5.74) is 1.01. The molecule has 1 saturated heterocycles. The Balaban J connectivity index is 1.51. The van der Waals surface area contributed by atoms with Gasteiger partial charge in [0.05, 0.1) is 10.7 Å². The van der Waals surface area contributed by atoms with Crippen molar-refractivity contribution in [1.29, 1.82) is 0 Å². The van der Waals surface area contributed by atoms with Gasteiger partial charge in [-0.1, -0.05) is 30.7 Å². The van der Waals surface area contributed by atoms with E-state index in [4.69, 9.17) is 11.6 Å². The summed E-state index contributed by atoms with van der Waals surface area (Å²) in [6.45, 7) is 4.10. The van der Waals surface area contributed by atoms with Gasteiger partial charge in [-0.25, -0.2) is 4.68 Å². The van der Waals surface area contributed by atoms with Crippen molar-refractivity contribution in [1.82, 2.24) is 20.0 Å². The van der Waals surface area contributed by atoms with Gasteiger partial charge in [0.1, 0.15) is 0 Å². The number of hydrogen-bond donors (Lipinski definition) is 1. The molecule has 1 aliphatic heterocycles. The summed E-state index contributed by atoms with van der Waals surface area (Å²) in [6.07, 6.45) is 4.23. The maximum absolute atomic E-state index is 12.2. The quantitative estimate of drug-likeness (QED) is 0.875. The molecule has 7 heteroatoms. The zero-order valence-corrected chi connectivity index (χ0v) is 15.6. The summed E-state index contributed by atoms with van der Waals surface area (Å²) >= 11 is 6.15. The molecular weight excluding hydrogens is 352 g/mol. The Kier molecular flexibility index (Phi) is 5.93. The van der Waals surface area contributed by atoms with Crippen LogP contribution in [0.1, 0.15) is 36.7 Å². The van der Waals surface area contributed by atoms with E-state index in [1.54, 1.807) is 23.0 Å². The Hall–Kier alpha value is -2.34. The fourth-order valence-corrected chi connectivity index (χ4v) is 3.39. The van der Waals surface area contributed by atoms with Gasteiger partial charge in [0.25, 0.3) is 5.91 Å². The number of aromatic nitrogens is 2. The standard InChI is InChI=1S/C19H23ClN4O2/c1-14-5-4-11-23(13-14)18(25)8-10-21-19(26)16-9-12-24(22-16)17-7-3-2-6-15(17)20/h2-3,6-7,9,12,14H,4-5,8,10-11,13H2,1H3,(H,21,26). The summed E-state index contributed by atoms with van der Waals surface area (Å²) < 4.78 is 1.57. The molecule has 2 amide bonds. The summed E-state index contributed by atoms with van der Waals surface area (Å²) in [4.78, 5) is 26.4. The van der Waals surface area contributed by atoms with E-state index in [-0.39, 0.29) is 11.8 Å². The van der Waals surface area contributed by atoms with Crippen molar-refractivity contribution in [3.05, 3.63) is 47.2 Å². The monoisotopic (exact) mass is 374 g/mol. The highest BCUT2D eigenvalue weighted by molar-refractivity contribution is 6.32. The van der Waals surface area contributed by atoms with Gasteiger partial charge in [-0.3, -0.25) is 9.59 Å². The normalized spacial score (nSPS) is 17.2. The molecule has 6 nitrogen and oxygen atoms in total. The number of carbonyl (C=O) groups is 2. The minimum atomic E-state index is -0.296. The Morgan fingerprint density at radius 3 is 2.88 bits per heavy atom. The van der Waals surface area contributed by atoms with Crippen molar-refractivity contribution in [2.45, 2.75) is 26.2 Å². The van der Waals surface area contributed by atoms with Crippen LogP contribution in [0.4, 0.5) is 0 Å².